The van der Waals surface area contributed by atoms with E-state index in [1.807, 2.05) is 0 Å². The second-order valence-electron chi connectivity index (χ2n) is 8.74. The van der Waals surface area contributed by atoms with E-state index >= 15 is 0 Å². The monoisotopic (exact) mass is 549 g/mol. The molecule has 0 saturated heterocycles. The lowest BCUT2D eigenvalue weighted by Gasteiger charge is -2.15. The second kappa shape index (κ2) is 10.7. The predicted octanol–water partition coefficient (Wildman–Crippen LogP) is 4.12. The Bertz CT molecular complexity index is 1700. The minimum Gasteiger partial charge on any atom is -0.494 e. The highest BCUT2D eigenvalue weighted by molar-refractivity contribution is 7.15. The molecule has 0 radical (unpaired) electrons. The third kappa shape index (κ3) is 5.51. The summed E-state index contributed by atoms with van der Waals surface area (Å²) in [6.45, 7) is 3.34. The first kappa shape index (κ1) is 26.1. The summed E-state index contributed by atoms with van der Waals surface area (Å²) in [7, 11) is 1.35. The molecule has 198 valence electrons. The van der Waals surface area contributed by atoms with Crippen LogP contribution in [0.3, 0.4) is 0 Å². The third-order valence-electron chi connectivity index (χ3n) is 6.06. The van der Waals surface area contributed by atoms with E-state index in [0.29, 0.717) is 22.2 Å². The fraction of sp³-hybridized carbons (Fsp3) is 0.269. The first-order valence-electron chi connectivity index (χ1n) is 11.8. The number of halogens is 2. The summed E-state index contributed by atoms with van der Waals surface area (Å²) in [6.07, 6.45) is 2.98. The highest BCUT2D eigenvalue weighted by Gasteiger charge is 2.23. The van der Waals surface area contributed by atoms with Crippen molar-refractivity contribution in [3.63, 3.8) is 0 Å². The van der Waals surface area contributed by atoms with Crippen molar-refractivity contribution >= 4 is 22.4 Å². The maximum Gasteiger partial charge on any atom is 0.280 e. The summed E-state index contributed by atoms with van der Waals surface area (Å²) in [5.41, 5.74) is 0.473. The summed E-state index contributed by atoms with van der Waals surface area (Å²) in [6, 6.07) is 2.57. The zero-order valence-corrected chi connectivity index (χ0v) is 21.8. The van der Waals surface area contributed by atoms with Crippen molar-refractivity contribution in [2.45, 2.75) is 33.1 Å². The molecular formula is C26H21F2N7O3S. The highest BCUT2D eigenvalue weighted by atomic mass is 32.1. The van der Waals surface area contributed by atoms with Gasteiger partial charge in [-0.15, -0.1) is 10.2 Å². The number of ether oxygens (including phenoxy) is 1. The van der Waals surface area contributed by atoms with Crippen molar-refractivity contribution in [2.75, 3.05) is 12.4 Å². The zero-order chi connectivity index (χ0) is 27.7. The van der Waals surface area contributed by atoms with Gasteiger partial charge in [0.2, 0.25) is 5.13 Å². The van der Waals surface area contributed by atoms with E-state index in [0.717, 1.165) is 36.4 Å². The Balaban J connectivity index is 1.60. The summed E-state index contributed by atoms with van der Waals surface area (Å²) in [5.74, 6) is 6.07. The van der Waals surface area contributed by atoms with E-state index in [-0.39, 0.29) is 38.9 Å². The van der Waals surface area contributed by atoms with Gasteiger partial charge in [-0.05, 0) is 44.7 Å². The summed E-state index contributed by atoms with van der Waals surface area (Å²) < 4.78 is 33.7. The Kier molecular flexibility index (Phi) is 7.12. The molecule has 1 amide bonds. The maximum absolute atomic E-state index is 13.6. The van der Waals surface area contributed by atoms with Gasteiger partial charge in [-0.2, -0.15) is 0 Å². The van der Waals surface area contributed by atoms with E-state index in [1.165, 1.54) is 30.3 Å². The fourth-order valence-electron chi connectivity index (χ4n) is 3.60. The lowest BCUT2D eigenvalue weighted by atomic mass is 10.00. The van der Waals surface area contributed by atoms with Crippen LogP contribution in [0.4, 0.5) is 13.9 Å². The van der Waals surface area contributed by atoms with Gasteiger partial charge in [0.05, 0.1) is 18.9 Å². The molecule has 1 N–H and O–H groups in total. The van der Waals surface area contributed by atoms with Gasteiger partial charge in [-0.3, -0.25) is 24.5 Å². The molecule has 0 unspecified atom stereocenters. The molecule has 13 heteroatoms. The number of anilines is 1. The standard InChI is InChI=1S/C26H21F2N7O3S/c1-13-14(2)31-12-35(25(13)37)21-9-16(17-8-19(23(27)28)29-11-20(17)38-3)18(10-30-21)24(36)32-26-34-33-22(39-26)7-6-15-4-5-15/h8-12,15,23H,4-5H2,1-3H3,(H,32,34,36). The van der Waals surface area contributed by atoms with Crippen molar-refractivity contribution < 1.29 is 18.3 Å². The highest BCUT2D eigenvalue weighted by Crippen LogP contribution is 2.35. The van der Waals surface area contributed by atoms with Crippen LogP contribution in [0.2, 0.25) is 0 Å². The van der Waals surface area contributed by atoms with E-state index in [9.17, 15) is 18.4 Å². The Morgan fingerprint density at radius 2 is 1.95 bits per heavy atom. The summed E-state index contributed by atoms with van der Waals surface area (Å²) in [4.78, 5) is 38.6. The van der Waals surface area contributed by atoms with Gasteiger partial charge in [-0.1, -0.05) is 17.3 Å². The first-order valence-corrected chi connectivity index (χ1v) is 12.6. The minimum atomic E-state index is -2.86. The molecule has 1 fully saturated rings. The molecule has 0 aromatic carbocycles. The number of methoxy groups -OCH3 is 1. The average Bonchev–Trinajstić information content (AvgIpc) is 3.67. The van der Waals surface area contributed by atoms with Crippen molar-refractivity contribution in [1.29, 1.82) is 0 Å². The largest absolute Gasteiger partial charge is 0.494 e. The number of hydrogen-bond donors (Lipinski definition) is 1. The number of nitrogens with zero attached hydrogens (tertiary/aromatic N) is 6. The molecular weight excluding hydrogens is 528 g/mol. The molecule has 0 aliphatic heterocycles. The number of amides is 1. The first-order chi connectivity index (χ1) is 18.7. The maximum atomic E-state index is 13.6. The van der Waals surface area contributed by atoms with Crippen molar-refractivity contribution in [3.8, 4) is 34.5 Å². The molecule has 4 aromatic rings. The van der Waals surface area contributed by atoms with Gasteiger partial charge in [-0.25, -0.2) is 18.7 Å². The molecule has 1 saturated carbocycles. The molecule has 1 aliphatic rings. The van der Waals surface area contributed by atoms with E-state index in [2.05, 4.69) is 42.3 Å². The molecule has 10 nitrogen and oxygen atoms in total. The number of rotatable bonds is 6. The van der Waals surface area contributed by atoms with E-state index in [1.54, 1.807) is 13.8 Å². The Morgan fingerprint density at radius 1 is 1.15 bits per heavy atom. The van der Waals surface area contributed by atoms with Crippen LogP contribution in [-0.4, -0.2) is 42.7 Å². The van der Waals surface area contributed by atoms with Gasteiger partial charge in [0.1, 0.15) is 23.6 Å². The fourth-order valence-corrected chi connectivity index (χ4v) is 4.20. The normalized spacial score (nSPS) is 12.7. The molecule has 4 aromatic heterocycles. The third-order valence-corrected chi connectivity index (χ3v) is 6.81. The number of carbonyl (C=O) groups excluding carboxylic acids is 1. The Morgan fingerprint density at radius 3 is 2.67 bits per heavy atom. The molecule has 1 aliphatic carbocycles. The summed E-state index contributed by atoms with van der Waals surface area (Å²) in [5, 5.41) is 11.3. The van der Waals surface area contributed by atoms with Crippen LogP contribution in [0.15, 0.2) is 35.6 Å². The molecule has 4 heterocycles. The van der Waals surface area contributed by atoms with Crippen LogP contribution in [0, 0.1) is 31.6 Å². The number of hydrogen-bond acceptors (Lipinski definition) is 9. The molecule has 5 rings (SSSR count). The van der Waals surface area contributed by atoms with Gasteiger partial charge >= 0.3 is 0 Å². The molecule has 39 heavy (non-hydrogen) atoms. The quantitative estimate of drug-likeness (QED) is 0.356. The molecule has 0 atom stereocenters. The van der Waals surface area contributed by atoms with E-state index in [4.69, 9.17) is 4.74 Å². The number of nitrogens with one attached hydrogen (secondary N) is 1. The van der Waals surface area contributed by atoms with E-state index < -0.39 is 18.0 Å². The Labute approximate surface area is 225 Å². The molecule has 0 bridgehead atoms. The van der Waals surface area contributed by atoms with Gasteiger partial charge < -0.3 is 4.74 Å². The lowest BCUT2D eigenvalue weighted by Crippen LogP contribution is -2.23. The topological polar surface area (TPSA) is 125 Å². The smallest absolute Gasteiger partial charge is 0.280 e. The van der Waals surface area contributed by atoms with Crippen LogP contribution in [-0.2, 0) is 0 Å². The second-order valence-corrected chi connectivity index (χ2v) is 9.72. The van der Waals surface area contributed by atoms with Crippen molar-refractivity contribution in [2.24, 2.45) is 5.92 Å². The van der Waals surface area contributed by atoms with Crippen LogP contribution in [0.25, 0.3) is 16.9 Å². The molecule has 0 spiro atoms. The van der Waals surface area contributed by atoms with Gasteiger partial charge in [0.15, 0.2) is 5.01 Å². The SMILES string of the molecule is COc1cnc(C(F)F)cc1-c1cc(-n2cnc(C)c(C)c2=O)ncc1C(=O)Nc1nnc(C#CC2CC2)s1. The lowest BCUT2D eigenvalue weighted by molar-refractivity contribution is 0.102. The van der Waals surface area contributed by atoms with Gasteiger partial charge in [0.25, 0.3) is 17.9 Å². The Hall–Kier alpha value is -4.57. The number of aromatic nitrogens is 6. The average molecular weight is 550 g/mol. The van der Waals surface area contributed by atoms with Crippen molar-refractivity contribution in [3.05, 3.63) is 68.7 Å². The van der Waals surface area contributed by atoms with Crippen LogP contribution < -0.4 is 15.6 Å². The predicted molar refractivity (Wildman–Crippen MR) is 139 cm³/mol. The zero-order valence-electron chi connectivity index (χ0n) is 21.0. The summed E-state index contributed by atoms with van der Waals surface area (Å²) >= 11 is 1.11. The van der Waals surface area contributed by atoms with Crippen LogP contribution in [0.5, 0.6) is 5.75 Å². The van der Waals surface area contributed by atoms with Crippen LogP contribution >= 0.6 is 11.3 Å². The number of pyridine rings is 2. The number of alkyl halides is 2. The van der Waals surface area contributed by atoms with Crippen molar-refractivity contribution in [1.82, 2.24) is 29.7 Å². The minimum absolute atomic E-state index is 0.0223. The van der Waals surface area contributed by atoms with Crippen LogP contribution in [0.1, 0.15) is 51.6 Å². The van der Waals surface area contributed by atoms with Gasteiger partial charge in [0, 0.05) is 34.5 Å². The number of carbonyl (C=O) groups is 1. The number of aryl methyl sites for hydroxylation is 1.